The maximum Gasteiger partial charge on any atom is 0.321 e. The van der Waals surface area contributed by atoms with Crippen LogP contribution in [0, 0.1) is 0 Å². The minimum atomic E-state index is -0.438. The highest BCUT2D eigenvalue weighted by molar-refractivity contribution is 5.94. The average Bonchev–Trinajstić information content (AvgIpc) is 2.36. The van der Waals surface area contributed by atoms with Gasteiger partial charge >= 0.3 is 6.03 Å². The average molecular weight is 269 g/mol. The first-order valence-corrected chi connectivity index (χ1v) is 6.87. The first kappa shape index (κ1) is 14.2. The molecule has 7 nitrogen and oxygen atoms in total. The van der Waals surface area contributed by atoms with E-state index in [-0.39, 0.29) is 5.91 Å². The Morgan fingerprint density at radius 1 is 1.21 bits per heavy atom. The van der Waals surface area contributed by atoms with Crippen molar-refractivity contribution in [2.75, 3.05) is 52.9 Å². The van der Waals surface area contributed by atoms with E-state index < -0.39 is 6.03 Å². The van der Waals surface area contributed by atoms with Crippen LogP contribution >= 0.6 is 0 Å². The zero-order valence-corrected chi connectivity index (χ0v) is 11.4. The summed E-state index contributed by atoms with van der Waals surface area (Å²) in [5.74, 6) is -0.218. The Labute approximate surface area is 113 Å². The maximum atomic E-state index is 11.5. The second-order valence-electron chi connectivity index (χ2n) is 5.07. The minimum absolute atomic E-state index is 0.218. The van der Waals surface area contributed by atoms with Crippen molar-refractivity contribution in [3.8, 4) is 0 Å². The van der Waals surface area contributed by atoms with Crippen LogP contribution in [0.2, 0.25) is 0 Å². The van der Waals surface area contributed by atoms with E-state index in [1.807, 2.05) is 0 Å². The van der Waals surface area contributed by atoms with Gasteiger partial charge in [0.05, 0.1) is 0 Å². The van der Waals surface area contributed by atoms with E-state index in [1.54, 1.807) is 0 Å². The van der Waals surface area contributed by atoms with Crippen molar-refractivity contribution in [1.29, 1.82) is 0 Å². The third-order valence-electron chi connectivity index (χ3n) is 3.82. The third-order valence-corrected chi connectivity index (χ3v) is 3.82. The van der Waals surface area contributed by atoms with Gasteiger partial charge in [-0.3, -0.25) is 15.0 Å². The monoisotopic (exact) mass is 269 g/mol. The van der Waals surface area contributed by atoms with Crippen molar-refractivity contribution in [2.45, 2.75) is 12.5 Å². The van der Waals surface area contributed by atoms with Crippen molar-refractivity contribution in [3.05, 3.63) is 0 Å². The number of rotatable bonds is 4. The van der Waals surface area contributed by atoms with Crippen molar-refractivity contribution in [2.24, 2.45) is 0 Å². The van der Waals surface area contributed by atoms with Crippen molar-refractivity contribution < 1.29 is 9.59 Å². The van der Waals surface area contributed by atoms with Gasteiger partial charge in [0.1, 0.15) is 0 Å². The van der Waals surface area contributed by atoms with Crippen molar-refractivity contribution in [3.63, 3.8) is 0 Å². The Bertz CT molecular complexity index is 324. The van der Waals surface area contributed by atoms with E-state index in [4.69, 9.17) is 0 Å². The normalized spacial score (nSPS) is 21.7. The fourth-order valence-electron chi connectivity index (χ4n) is 2.40. The fraction of sp³-hybridized carbons (Fsp3) is 0.833. The van der Waals surface area contributed by atoms with Gasteiger partial charge in [0, 0.05) is 65.3 Å². The van der Waals surface area contributed by atoms with Gasteiger partial charge in [-0.1, -0.05) is 0 Å². The second-order valence-corrected chi connectivity index (χ2v) is 5.07. The van der Waals surface area contributed by atoms with Gasteiger partial charge in [-0.2, -0.15) is 0 Å². The molecular weight excluding hydrogens is 246 g/mol. The van der Waals surface area contributed by atoms with E-state index in [9.17, 15) is 9.59 Å². The van der Waals surface area contributed by atoms with E-state index >= 15 is 0 Å². The van der Waals surface area contributed by atoms with Gasteiger partial charge in [0.2, 0.25) is 5.91 Å². The molecule has 108 valence electrons. The van der Waals surface area contributed by atoms with Crippen LogP contribution in [0.3, 0.4) is 0 Å². The van der Waals surface area contributed by atoms with E-state index in [0.717, 1.165) is 45.8 Å². The Hall–Kier alpha value is -1.18. The number of nitrogens with one attached hydrogen (secondary N) is 3. The molecule has 3 N–H and O–H groups in total. The summed E-state index contributed by atoms with van der Waals surface area (Å²) >= 11 is 0. The van der Waals surface area contributed by atoms with Crippen molar-refractivity contribution >= 4 is 11.9 Å². The van der Waals surface area contributed by atoms with Crippen LogP contribution in [-0.2, 0) is 4.79 Å². The summed E-state index contributed by atoms with van der Waals surface area (Å²) in [6, 6.07) is 0.269. The predicted molar refractivity (Wildman–Crippen MR) is 71.9 cm³/mol. The summed E-state index contributed by atoms with van der Waals surface area (Å²) in [6.45, 7) is 7.09. The number of piperazine rings is 1. The van der Waals surface area contributed by atoms with Crippen LogP contribution < -0.4 is 16.0 Å². The van der Waals surface area contributed by atoms with Crippen LogP contribution in [0.1, 0.15) is 6.42 Å². The Morgan fingerprint density at radius 2 is 1.89 bits per heavy atom. The quantitative estimate of drug-likeness (QED) is 0.574. The van der Waals surface area contributed by atoms with Crippen LogP contribution in [-0.4, -0.2) is 80.6 Å². The molecule has 0 saturated carbocycles. The summed E-state index contributed by atoms with van der Waals surface area (Å²) in [5.41, 5.74) is 0. The molecule has 0 spiro atoms. The number of imide groups is 1. The smallest absolute Gasteiger partial charge is 0.321 e. The van der Waals surface area contributed by atoms with Gasteiger partial charge in [0.25, 0.3) is 0 Å². The van der Waals surface area contributed by atoms with Gasteiger partial charge < -0.3 is 15.5 Å². The Kier molecular flexibility index (Phi) is 5.12. The molecule has 2 fully saturated rings. The molecule has 7 heteroatoms. The number of nitrogens with zero attached hydrogens (tertiary/aromatic N) is 2. The number of amides is 3. The molecular formula is C12H23N5O2. The number of carbonyl (C=O) groups excluding carboxylic acids is 2. The van der Waals surface area contributed by atoms with Gasteiger partial charge in [-0.15, -0.1) is 0 Å². The predicted octanol–water partition coefficient (Wildman–Crippen LogP) is -1.58. The summed E-state index contributed by atoms with van der Waals surface area (Å²) in [6.07, 6.45) is 0.373. The summed E-state index contributed by atoms with van der Waals surface area (Å²) in [7, 11) is 1.50. The molecule has 19 heavy (non-hydrogen) atoms. The third kappa shape index (κ3) is 4.15. The molecule has 2 aliphatic heterocycles. The molecule has 0 aromatic rings. The standard InChI is InChI=1S/C12H23N5O2/c1-13-12(19)15-11(18)2-3-16-4-6-17(7-5-16)10-8-14-9-10/h10,14H,2-9H2,1H3,(H2,13,15,18,19). The second kappa shape index (κ2) is 6.83. The molecule has 0 aliphatic carbocycles. The molecule has 0 atom stereocenters. The lowest BCUT2D eigenvalue weighted by molar-refractivity contribution is -0.120. The van der Waals surface area contributed by atoms with Crippen molar-refractivity contribution in [1.82, 2.24) is 25.8 Å². The summed E-state index contributed by atoms with van der Waals surface area (Å²) < 4.78 is 0. The van der Waals surface area contributed by atoms with E-state index in [1.165, 1.54) is 7.05 Å². The largest absolute Gasteiger partial charge is 0.341 e. The first-order chi connectivity index (χ1) is 9.19. The molecule has 0 radical (unpaired) electrons. The van der Waals surface area contributed by atoms with Crippen LogP contribution in [0.15, 0.2) is 0 Å². The number of hydrogen-bond donors (Lipinski definition) is 3. The number of urea groups is 1. The molecule has 2 heterocycles. The molecule has 2 rings (SSSR count). The molecule has 0 bridgehead atoms. The Morgan fingerprint density at radius 3 is 2.42 bits per heavy atom. The maximum absolute atomic E-state index is 11.5. The molecule has 0 unspecified atom stereocenters. The lowest BCUT2D eigenvalue weighted by atomic mass is 10.1. The van der Waals surface area contributed by atoms with Gasteiger partial charge in [-0.05, 0) is 0 Å². The lowest BCUT2D eigenvalue weighted by Gasteiger charge is -2.43. The number of hydrogen-bond acceptors (Lipinski definition) is 5. The van der Waals surface area contributed by atoms with Gasteiger partial charge in [0.15, 0.2) is 0 Å². The van der Waals surface area contributed by atoms with Crippen LogP contribution in [0.4, 0.5) is 4.79 Å². The highest BCUT2D eigenvalue weighted by atomic mass is 16.2. The number of carbonyl (C=O) groups is 2. The summed E-state index contributed by atoms with van der Waals surface area (Å²) in [4.78, 5) is 27.2. The van der Waals surface area contributed by atoms with E-state index in [0.29, 0.717) is 12.5 Å². The first-order valence-electron chi connectivity index (χ1n) is 6.87. The molecule has 0 aromatic heterocycles. The topological polar surface area (TPSA) is 76.7 Å². The van der Waals surface area contributed by atoms with Crippen LogP contribution in [0.25, 0.3) is 0 Å². The highest BCUT2D eigenvalue weighted by Gasteiger charge is 2.27. The fourth-order valence-corrected chi connectivity index (χ4v) is 2.40. The molecule has 2 saturated heterocycles. The van der Waals surface area contributed by atoms with Crippen LogP contribution in [0.5, 0.6) is 0 Å². The zero-order chi connectivity index (χ0) is 13.7. The van der Waals surface area contributed by atoms with Gasteiger partial charge in [-0.25, -0.2) is 4.79 Å². The highest BCUT2D eigenvalue weighted by Crippen LogP contribution is 2.09. The Balaban J connectivity index is 1.60. The lowest BCUT2D eigenvalue weighted by Crippen LogP contribution is -2.61. The summed E-state index contributed by atoms with van der Waals surface area (Å²) in [5, 5.41) is 7.94. The SMILES string of the molecule is CNC(=O)NC(=O)CCN1CCN(C2CNC2)CC1. The molecule has 3 amide bonds. The zero-order valence-electron chi connectivity index (χ0n) is 11.4. The molecule has 0 aromatic carbocycles. The minimum Gasteiger partial charge on any atom is -0.341 e. The molecule has 2 aliphatic rings. The van der Waals surface area contributed by atoms with E-state index in [2.05, 4.69) is 25.8 Å².